The number of rotatable bonds is 5. The van der Waals surface area contributed by atoms with Gasteiger partial charge < -0.3 is 9.64 Å². The summed E-state index contributed by atoms with van der Waals surface area (Å²) in [7, 11) is 1.69. The van der Waals surface area contributed by atoms with Gasteiger partial charge in [-0.3, -0.25) is 9.48 Å². The fourth-order valence-corrected chi connectivity index (χ4v) is 3.55. The molecule has 128 valence electrons. The van der Waals surface area contributed by atoms with E-state index in [2.05, 4.69) is 11.2 Å². The third-order valence-corrected chi connectivity index (χ3v) is 4.71. The maximum atomic E-state index is 13.0. The molecule has 1 aromatic carbocycles. The van der Waals surface area contributed by atoms with Crippen molar-refractivity contribution in [2.75, 3.05) is 13.7 Å². The molecule has 0 N–H and O–H groups in total. The van der Waals surface area contributed by atoms with Crippen molar-refractivity contribution < 1.29 is 9.53 Å². The van der Waals surface area contributed by atoms with E-state index in [1.54, 1.807) is 11.8 Å². The molecule has 0 aliphatic carbocycles. The van der Waals surface area contributed by atoms with Crippen molar-refractivity contribution >= 4 is 5.91 Å². The lowest BCUT2D eigenvalue weighted by molar-refractivity contribution is 0.0723. The number of methoxy groups -OCH3 is 1. The topological polar surface area (TPSA) is 47.4 Å². The summed E-state index contributed by atoms with van der Waals surface area (Å²) >= 11 is 0. The fraction of sp³-hybridized carbons (Fsp3) is 0.474. The van der Waals surface area contributed by atoms with Crippen molar-refractivity contribution in [3.63, 3.8) is 0 Å². The maximum Gasteiger partial charge on any atom is 0.272 e. The highest BCUT2D eigenvalue weighted by Gasteiger charge is 2.31. The molecular formula is C19H25N3O2. The average Bonchev–Trinajstić information content (AvgIpc) is 3.21. The molecule has 3 rings (SSSR count). The van der Waals surface area contributed by atoms with Crippen molar-refractivity contribution in [1.82, 2.24) is 14.7 Å². The van der Waals surface area contributed by atoms with Crippen molar-refractivity contribution in [1.29, 1.82) is 0 Å². The first-order valence-corrected chi connectivity index (χ1v) is 8.61. The Morgan fingerprint density at radius 3 is 2.92 bits per heavy atom. The molecule has 1 saturated heterocycles. The van der Waals surface area contributed by atoms with Crippen molar-refractivity contribution in [2.24, 2.45) is 0 Å². The van der Waals surface area contributed by atoms with Gasteiger partial charge in [-0.25, -0.2) is 0 Å². The molecule has 1 aliphatic heterocycles. The number of carbonyl (C=O) groups is 1. The molecule has 0 radical (unpaired) electrons. The van der Waals surface area contributed by atoms with Gasteiger partial charge in [-0.05, 0) is 50.8 Å². The van der Waals surface area contributed by atoms with Crippen LogP contribution in [0.3, 0.4) is 0 Å². The number of para-hydroxylation sites is 1. The van der Waals surface area contributed by atoms with Crippen LogP contribution in [0.15, 0.2) is 30.3 Å². The molecule has 0 saturated carbocycles. The first-order valence-electron chi connectivity index (χ1n) is 8.61. The number of carbonyl (C=O) groups excluding carboxylic acids is 1. The van der Waals surface area contributed by atoms with Gasteiger partial charge in [-0.15, -0.1) is 0 Å². The molecule has 2 aromatic rings. The van der Waals surface area contributed by atoms with E-state index in [0.29, 0.717) is 12.2 Å². The second-order valence-corrected chi connectivity index (χ2v) is 6.30. The Morgan fingerprint density at radius 2 is 2.17 bits per heavy atom. The van der Waals surface area contributed by atoms with Crippen molar-refractivity contribution in [3.8, 4) is 5.75 Å². The molecule has 0 unspecified atom stereocenters. The predicted octanol–water partition coefficient (Wildman–Crippen LogP) is 3.07. The Hall–Kier alpha value is -2.30. The number of amides is 1. The van der Waals surface area contributed by atoms with E-state index in [0.717, 1.165) is 42.8 Å². The standard InChI is InChI=1S/C19H25N3O2/c1-4-22-17(12-14(2)20-22)19(23)21-11-7-9-16(21)13-15-8-5-6-10-18(15)24-3/h5-6,8,10,12,16H,4,7,9,11,13H2,1-3H3/t16-/m1/s1. The molecular weight excluding hydrogens is 302 g/mol. The van der Waals surface area contributed by atoms with Gasteiger partial charge in [-0.2, -0.15) is 5.10 Å². The van der Waals surface area contributed by atoms with Crippen LogP contribution in [-0.4, -0.2) is 40.3 Å². The normalized spacial score (nSPS) is 17.3. The monoisotopic (exact) mass is 327 g/mol. The first-order chi connectivity index (χ1) is 11.6. The zero-order valence-corrected chi connectivity index (χ0v) is 14.7. The van der Waals surface area contributed by atoms with Crippen LogP contribution in [0.5, 0.6) is 5.75 Å². The molecule has 1 aromatic heterocycles. The summed E-state index contributed by atoms with van der Waals surface area (Å²) in [5.74, 6) is 0.987. The highest BCUT2D eigenvalue weighted by molar-refractivity contribution is 5.93. The molecule has 24 heavy (non-hydrogen) atoms. The number of aromatic nitrogens is 2. The Morgan fingerprint density at radius 1 is 1.38 bits per heavy atom. The van der Waals surface area contributed by atoms with Crippen molar-refractivity contribution in [3.05, 3.63) is 47.3 Å². The Kier molecular flexibility index (Phi) is 4.88. The largest absolute Gasteiger partial charge is 0.496 e. The van der Waals surface area contributed by atoms with Crippen molar-refractivity contribution in [2.45, 2.75) is 45.7 Å². The molecule has 5 nitrogen and oxygen atoms in total. The molecule has 0 bridgehead atoms. The molecule has 2 heterocycles. The summed E-state index contributed by atoms with van der Waals surface area (Å²) in [6, 6.07) is 10.2. The number of benzene rings is 1. The van der Waals surface area contributed by atoms with Gasteiger partial charge in [0.1, 0.15) is 11.4 Å². The van der Waals surface area contributed by atoms with Crippen LogP contribution >= 0.6 is 0 Å². The zero-order chi connectivity index (χ0) is 17.1. The van der Waals surface area contributed by atoms with E-state index < -0.39 is 0 Å². The maximum absolute atomic E-state index is 13.0. The smallest absolute Gasteiger partial charge is 0.272 e. The minimum atomic E-state index is 0.0925. The summed E-state index contributed by atoms with van der Waals surface area (Å²) < 4.78 is 7.26. The molecule has 1 atom stereocenters. The van der Waals surface area contributed by atoms with Gasteiger partial charge in [0.05, 0.1) is 12.8 Å². The first kappa shape index (κ1) is 16.6. The third kappa shape index (κ3) is 3.16. The van der Waals surface area contributed by atoms with Gasteiger partial charge in [0.15, 0.2) is 0 Å². The number of hydrogen-bond donors (Lipinski definition) is 0. The highest BCUT2D eigenvalue weighted by Crippen LogP contribution is 2.27. The summed E-state index contributed by atoms with van der Waals surface area (Å²) in [6.45, 7) is 5.46. The quantitative estimate of drug-likeness (QED) is 0.848. The summed E-state index contributed by atoms with van der Waals surface area (Å²) in [5.41, 5.74) is 2.74. The summed E-state index contributed by atoms with van der Waals surface area (Å²) in [4.78, 5) is 15.0. The number of hydrogen-bond acceptors (Lipinski definition) is 3. The highest BCUT2D eigenvalue weighted by atomic mass is 16.5. The Bertz CT molecular complexity index is 723. The second-order valence-electron chi connectivity index (χ2n) is 6.30. The van der Waals surface area contributed by atoms with E-state index in [-0.39, 0.29) is 11.9 Å². The van der Waals surface area contributed by atoms with Gasteiger partial charge in [-0.1, -0.05) is 18.2 Å². The lowest BCUT2D eigenvalue weighted by atomic mass is 10.0. The molecule has 1 fully saturated rings. The van der Waals surface area contributed by atoms with Gasteiger partial charge in [0.2, 0.25) is 0 Å². The molecule has 1 amide bonds. The lowest BCUT2D eigenvalue weighted by Gasteiger charge is -2.25. The summed E-state index contributed by atoms with van der Waals surface area (Å²) in [6.07, 6.45) is 2.91. The molecule has 5 heteroatoms. The molecule has 0 spiro atoms. The van der Waals surface area contributed by atoms with E-state index in [9.17, 15) is 4.79 Å². The van der Waals surface area contributed by atoms with Crippen LogP contribution < -0.4 is 4.74 Å². The third-order valence-electron chi connectivity index (χ3n) is 4.71. The lowest BCUT2D eigenvalue weighted by Crippen LogP contribution is -2.38. The second kappa shape index (κ2) is 7.07. The van der Waals surface area contributed by atoms with Gasteiger partial charge in [0.25, 0.3) is 5.91 Å². The van der Waals surface area contributed by atoms with Crippen LogP contribution in [0, 0.1) is 6.92 Å². The Balaban J connectivity index is 1.81. The number of likely N-dealkylation sites (tertiary alicyclic amines) is 1. The van der Waals surface area contributed by atoms with Gasteiger partial charge >= 0.3 is 0 Å². The number of nitrogens with zero attached hydrogens (tertiary/aromatic N) is 3. The number of aryl methyl sites for hydroxylation is 2. The molecule has 1 aliphatic rings. The van der Waals surface area contributed by atoms with E-state index in [1.165, 1.54) is 0 Å². The van der Waals surface area contributed by atoms with E-state index in [1.807, 2.05) is 43.0 Å². The average molecular weight is 327 g/mol. The minimum Gasteiger partial charge on any atom is -0.496 e. The fourth-order valence-electron chi connectivity index (χ4n) is 3.55. The van der Waals surface area contributed by atoms with Crippen LogP contribution in [0.25, 0.3) is 0 Å². The SMILES string of the molecule is CCn1nc(C)cc1C(=O)N1CCC[C@@H]1Cc1ccccc1OC. The van der Waals surface area contributed by atoms with Crippen LogP contribution in [0.1, 0.15) is 41.5 Å². The van der Waals surface area contributed by atoms with E-state index >= 15 is 0 Å². The van der Waals surface area contributed by atoms with E-state index in [4.69, 9.17) is 4.74 Å². The number of ether oxygens (including phenoxy) is 1. The van der Waals surface area contributed by atoms with Crippen LogP contribution in [0.4, 0.5) is 0 Å². The minimum absolute atomic E-state index is 0.0925. The Labute approximate surface area is 143 Å². The predicted molar refractivity (Wildman–Crippen MR) is 93.4 cm³/mol. The zero-order valence-electron chi connectivity index (χ0n) is 14.7. The summed E-state index contributed by atoms with van der Waals surface area (Å²) in [5, 5.41) is 4.41. The van der Waals surface area contributed by atoms with Crippen LogP contribution in [0.2, 0.25) is 0 Å². The van der Waals surface area contributed by atoms with Crippen LogP contribution in [-0.2, 0) is 13.0 Å². The van der Waals surface area contributed by atoms with Gasteiger partial charge in [0, 0.05) is 19.1 Å².